The molecule has 2 heterocycles. The van der Waals surface area contributed by atoms with Crippen LogP contribution >= 0.6 is 11.8 Å². The van der Waals surface area contributed by atoms with Crippen molar-refractivity contribution in [3.63, 3.8) is 0 Å². The largest absolute Gasteiger partial charge is 0.378 e. The molecule has 1 aromatic carbocycles. The van der Waals surface area contributed by atoms with Crippen LogP contribution in [0.15, 0.2) is 34.2 Å². The first-order valence-corrected chi connectivity index (χ1v) is 11.3. The highest BCUT2D eigenvalue weighted by Gasteiger charge is 2.19. The van der Waals surface area contributed by atoms with Crippen LogP contribution in [0, 0.1) is 6.92 Å². The van der Waals surface area contributed by atoms with Crippen LogP contribution in [-0.4, -0.2) is 52.4 Å². The van der Waals surface area contributed by atoms with Gasteiger partial charge in [0.2, 0.25) is 5.91 Å². The van der Waals surface area contributed by atoms with E-state index in [1.165, 1.54) is 17.3 Å². The molecule has 0 spiro atoms. The van der Waals surface area contributed by atoms with E-state index in [-0.39, 0.29) is 22.6 Å². The van der Waals surface area contributed by atoms with Gasteiger partial charge < -0.3 is 9.64 Å². The lowest BCUT2D eigenvalue weighted by Gasteiger charge is -2.26. The molecule has 1 aliphatic heterocycles. The highest BCUT2D eigenvalue weighted by molar-refractivity contribution is 7.99. The molecule has 3 rings (SSSR count). The van der Waals surface area contributed by atoms with Crippen LogP contribution in [0.25, 0.3) is 0 Å². The second-order valence-electron chi connectivity index (χ2n) is 8.73. The first-order chi connectivity index (χ1) is 14.2. The molecular weight excluding hydrogens is 398 g/mol. The normalized spacial score (nSPS) is 14.8. The number of hydrogen-bond acceptors (Lipinski definition) is 5. The van der Waals surface area contributed by atoms with Crippen molar-refractivity contribution in [1.29, 1.82) is 0 Å². The molecule has 30 heavy (non-hydrogen) atoms. The average Bonchev–Trinajstić information content (AvgIpc) is 2.73. The minimum Gasteiger partial charge on any atom is -0.378 e. The number of nitrogens with zero attached hydrogens (tertiary/aromatic N) is 3. The lowest BCUT2D eigenvalue weighted by Crippen LogP contribution is -2.41. The summed E-state index contributed by atoms with van der Waals surface area (Å²) in [6, 6.07) is 8.43. The van der Waals surface area contributed by atoms with Gasteiger partial charge in [0.15, 0.2) is 5.16 Å². The van der Waals surface area contributed by atoms with Crippen molar-refractivity contribution >= 4 is 17.7 Å². The van der Waals surface area contributed by atoms with Gasteiger partial charge in [0.05, 0.1) is 19.0 Å². The Bertz CT molecular complexity index is 955. The summed E-state index contributed by atoms with van der Waals surface area (Å²) in [5.41, 5.74) is 3.83. The molecule has 1 fully saturated rings. The molecule has 162 valence electrons. The van der Waals surface area contributed by atoms with Crippen molar-refractivity contribution in [2.24, 2.45) is 7.05 Å². The molecule has 6 nitrogen and oxygen atoms in total. The predicted octanol–water partition coefficient (Wildman–Crippen LogP) is 2.93. The number of thioether (sulfide) groups is 1. The van der Waals surface area contributed by atoms with Crippen molar-refractivity contribution in [1.82, 2.24) is 14.5 Å². The van der Waals surface area contributed by atoms with E-state index in [0.717, 1.165) is 11.3 Å². The molecule has 0 atom stereocenters. The van der Waals surface area contributed by atoms with Gasteiger partial charge in [-0.2, -0.15) is 0 Å². The van der Waals surface area contributed by atoms with E-state index in [1.807, 2.05) is 6.92 Å². The number of aromatic nitrogens is 2. The third-order valence-corrected chi connectivity index (χ3v) is 6.45. The number of amides is 1. The minimum absolute atomic E-state index is 0.0521. The maximum atomic E-state index is 13.0. The molecule has 0 unspecified atom stereocenters. The van der Waals surface area contributed by atoms with Crippen LogP contribution in [0.3, 0.4) is 0 Å². The van der Waals surface area contributed by atoms with Gasteiger partial charge in [0, 0.05) is 37.8 Å². The molecule has 1 aromatic heterocycles. The summed E-state index contributed by atoms with van der Waals surface area (Å²) in [7, 11) is 1.72. The van der Waals surface area contributed by atoms with Gasteiger partial charge in [-0.05, 0) is 23.5 Å². The molecular formula is C23H31N3O3S. The van der Waals surface area contributed by atoms with Gasteiger partial charge in [-0.25, -0.2) is 4.98 Å². The Morgan fingerprint density at radius 2 is 1.80 bits per heavy atom. The number of hydrogen-bond donors (Lipinski definition) is 0. The first-order valence-electron chi connectivity index (χ1n) is 10.3. The zero-order valence-electron chi connectivity index (χ0n) is 18.5. The van der Waals surface area contributed by atoms with Gasteiger partial charge in [-0.15, -0.1) is 0 Å². The Kier molecular flexibility index (Phi) is 7.03. The van der Waals surface area contributed by atoms with E-state index < -0.39 is 0 Å². The monoisotopic (exact) mass is 429 g/mol. The molecule has 2 aromatic rings. The number of rotatable bonds is 5. The Labute approximate surface area is 182 Å². The van der Waals surface area contributed by atoms with E-state index >= 15 is 0 Å². The number of carbonyl (C=O) groups is 1. The minimum atomic E-state index is -0.0521. The van der Waals surface area contributed by atoms with Crippen LogP contribution in [0.1, 0.15) is 43.2 Å². The van der Waals surface area contributed by atoms with Crippen LogP contribution < -0.4 is 5.56 Å². The molecule has 1 saturated heterocycles. The molecule has 0 aliphatic carbocycles. The SMILES string of the molecule is Cc1nc(SCC(=O)N2CCOCC2)n(C)c(=O)c1Cc1ccc(C(C)(C)C)cc1. The Morgan fingerprint density at radius 1 is 1.17 bits per heavy atom. The van der Waals surface area contributed by atoms with Crippen LogP contribution in [-0.2, 0) is 28.4 Å². The Morgan fingerprint density at radius 3 is 2.40 bits per heavy atom. The summed E-state index contributed by atoms with van der Waals surface area (Å²) >= 11 is 1.32. The second-order valence-corrected chi connectivity index (χ2v) is 9.67. The topological polar surface area (TPSA) is 64.4 Å². The Balaban J connectivity index is 1.72. The molecule has 1 amide bonds. The molecule has 0 N–H and O–H groups in total. The summed E-state index contributed by atoms with van der Waals surface area (Å²) in [6.45, 7) is 10.8. The van der Waals surface area contributed by atoms with Crippen LogP contribution in [0.5, 0.6) is 0 Å². The number of carbonyl (C=O) groups excluding carboxylic acids is 1. The van der Waals surface area contributed by atoms with Gasteiger partial charge in [-0.1, -0.05) is 56.8 Å². The zero-order valence-corrected chi connectivity index (χ0v) is 19.3. The number of aryl methyl sites for hydroxylation is 1. The van der Waals surface area contributed by atoms with E-state index in [2.05, 4.69) is 50.0 Å². The highest BCUT2D eigenvalue weighted by Crippen LogP contribution is 2.23. The third-order valence-electron chi connectivity index (χ3n) is 5.44. The smallest absolute Gasteiger partial charge is 0.257 e. The van der Waals surface area contributed by atoms with Crippen molar-refractivity contribution in [3.05, 3.63) is 57.0 Å². The van der Waals surface area contributed by atoms with Crippen LogP contribution in [0.4, 0.5) is 0 Å². The molecule has 0 radical (unpaired) electrons. The van der Waals surface area contributed by atoms with Crippen molar-refractivity contribution in [2.45, 2.75) is 44.7 Å². The summed E-state index contributed by atoms with van der Waals surface area (Å²) in [5, 5.41) is 0.575. The van der Waals surface area contributed by atoms with Crippen molar-refractivity contribution < 1.29 is 9.53 Å². The summed E-state index contributed by atoms with van der Waals surface area (Å²) in [6.07, 6.45) is 0.549. The summed E-state index contributed by atoms with van der Waals surface area (Å²) in [4.78, 5) is 31.8. The second kappa shape index (κ2) is 9.35. The van der Waals surface area contributed by atoms with E-state index in [1.54, 1.807) is 16.5 Å². The third kappa shape index (κ3) is 5.32. The maximum Gasteiger partial charge on any atom is 0.257 e. The van der Waals surface area contributed by atoms with Gasteiger partial charge >= 0.3 is 0 Å². The van der Waals surface area contributed by atoms with Gasteiger partial charge in [-0.3, -0.25) is 14.2 Å². The van der Waals surface area contributed by atoms with E-state index in [4.69, 9.17) is 4.74 Å². The maximum absolute atomic E-state index is 13.0. The standard InChI is InChI=1S/C23H31N3O3S/c1-16-19(14-17-6-8-18(9-7-17)23(2,3)4)21(28)25(5)22(24-16)30-15-20(27)26-10-12-29-13-11-26/h6-9H,10-15H2,1-5H3. The molecule has 0 bridgehead atoms. The lowest BCUT2D eigenvalue weighted by molar-refractivity contribution is -0.132. The van der Waals surface area contributed by atoms with Gasteiger partial charge in [0.1, 0.15) is 0 Å². The van der Waals surface area contributed by atoms with Gasteiger partial charge in [0.25, 0.3) is 5.56 Å². The Hall–Kier alpha value is -2.12. The number of ether oxygens (including phenoxy) is 1. The number of benzene rings is 1. The molecule has 0 saturated carbocycles. The predicted molar refractivity (Wildman–Crippen MR) is 120 cm³/mol. The lowest BCUT2D eigenvalue weighted by atomic mass is 9.86. The van der Waals surface area contributed by atoms with E-state index in [0.29, 0.717) is 43.4 Å². The summed E-state index contributed by atoms with van der Waals surface area (Å²) in [5.74, 6) is 0.325. The fourth-order valence-electron chi connectivity index (χ4n) is 3.42. The van der Waals surface area contributed by atoms with E-state index in [9.17, 15) is 9.59 Å². The first kappa shape index (κ1) is 22.6. The number of morpholine rings is 1. The van der Waals surface area contributed by atoms with Crippen molar-refractivity contribution in [2.75, 3.05) is 32.1 Å². The summed E-state index contributed by atoms with van der Waals surface area (Å²) < 4.78 is 6.85. The quantitative estimate of drug-likeness (QED) is 0.540. The van der Waals surface area contributed by atoms with Crippen molar-refractivity contribution in [3.8, 4) is 0 Å². The molecule has 7 heteroatoms. The molecule has 1 aliphatic rings. The highest BCUT2D eigenvalue weighted by atomic mass is 32.2. The fourth-order valence-corrected chi connectivity index (χ4v) is 4.33. The average molecular weight is 430 g/mol. The zero-order chi connectivity index (χ0) is 21.9. The van der Waals surface area contributed by atoms with Crippen LogP contribution in [0.2, 0.25) is 0 Å². The fraction of sp³-hybridized carbons (Fsp3) is 0.522.